The zero-order valence-electron chi connectivity index (χ0n) is 21.7. The number of carbonyl (C=O) groups is 4. The van der Waals surface area contributed by atoms with Gasteiger partial charge in [0.05, 0.1) is 16.8 Å². The number of rotatable bonds is 6. The van der Waals surface area contributed by atoms with E-state index in [-0.39, 0.29) is 23.2 Å². The number of nitro benzene ring substituents is 1. The Hall–Kier alpha value is -4.86. The van der Waals surface area contributed by atoms with Gasteiger partial charge in [-0.05, 0) is 42.2 Å². The molecule has 0 saturated carbocycles. The molecule has 1 fully saturated rings. The van der Waals surface area contributed by atoms with Gasteiger partial charge in [-0.3, -0.25) is 29.4 Å². The highest BCUT2D eigenvalue weighted by atomic mass is 16.6. The lowest BCUT2D eigenvalue weighted by Gasteiger charge is -2.45. The zero-order valence-corrected chi connectivity index (χ0v) is 21.7. The van der Waals surface area contributed by atoms with Crippen LogP contribution < -0.4 is 5.32 Å². The largest absolute Gasteiger partial charge is 0.454 e. The maximum Gasteiger partial charge on any atom is 0.329 e. The minimum atomic E-state index is -1.23. The fourth-order valence-corrected chi connectivity index (χ4v) is 6.53. The summed E-state index contributed by atoms with van der Waals surface area (Å²) >= 11 is 0. The number of hydrogen-bond acceptors (Lipinski definition) is 7. The van der Waals surface area contributed by atoms with Crippen LogP contribution in [0.25, 0.3) is 0 Å². The van der Waals surface area contributed by atoms with Crippen LogP contribution in [0.5, 0.6) is 0 Å². The molecule has 3 aromatic rings. The maximum atomic E-state index is 13.8. The topological polar surface area (TPSA) is 136 Å². The molecule has 3 atom stereocenters. The van der Waals surface area contributed by atoms with Gasteiger partial charge in [-0.1, -0.05) is 54.6 Å². The van der Waals surface area contributed by atoms with Crippen molar-refractivity contribution in [3.8, 4) is 0 Å². The van der Waals surface area contributed by atoms with Gasteiger partial charge in [0.2, 0.25) is 11.8 Å². The number of hydrogen-bond donors (Lipinski definition) is 1. The summed E-state index contributed by atoms with van der Waals surface area (Å²) in [6, 6.07) is 18.7. The molecule has 0 unspecified atom stereocenters. The van der Waals surface area contributed by atoms with Gasteiger partial charge in [-0.25, -0.2) is 4.79 Å². The van der Waals surface area contributed by atoms with E-state index in [0.717, 1.165) is 27.2 Å². The molecule has 1 heterocycles. The Morgan fingerprint density at radius 1 is 0.925 bits per heavy atom. The standard InChI is InChI=1S/C30H25N3O7/c1-15-11-12-17(13-22(15)33(38)39)31-23(34)14-40-30(37)16(2)32-28(35)26-24-18-7-3-4-8-19(18)25(27(26)29(32)36)21-10-6-5-9-20(21)24/h3-13,16,24-27H,14H2,1-2H3,(H,31,34)/t16-,24?,25?,26-,27-/m0/s1. The third-order valence-corrected chi connectivity index (χ3v) is 8.25. The zero-order chi connectivity index (χ0) is 28.3. The molecule has 10 heteroatoms. The first-order valence-electron chi connectivity index (χ1n) is 12.9. The van der Waals surface area contributed by atoms with Gasteiger partial charge in [0.25, 0.3) is 11.6 Å². The molecule has 3 amide bonds. The molecule has 10 nitrogen and oxygen atoms in total. The Bertz CT molecular complexity index is 1500. The van der Waals surface area contributed by atoms with Crippen molar-refractivity contribution in [1.29, 1.82) is 0 Å². The summed E-state index contributed by atoms with van der Waals surface area (Å²) in [6.07, 6.45) is 0. The number of likely N-dealkylation sites (tertiary alicyclic amines) is 1. The monoisotopic (exact) mass is 539 g/mol. The summed E-state index contributed by atoms with van der Waals surface area (Å²) < 4.78 is 5.16. The van der Waals surface area contributed by atoms with Crippen LogP contribution in [0.15, 0.2) is 66.7 Å². The average Bonchev–Trinajstić information content (AvgIpc) is 3.22. The lowest BCUT2D eigenvalue weighted by Crippen LogP contribution is -2.45. The number of carbonyl (C=O) groups excluding carboxylic acids is 4. The molecule has 0 radical (unpaired) electrons. The molecule has 3 aromatic carbocycles. The van der Waals surface area contributed by atoms with E-state index < -0.39 is 53.1 Å². The van der Waals surface area contributed by atoms with E-state index in [4.69, 9.17) is 4.74 Å². The highest BCUT2D eigenvalue weighted by Gasteiger charge is 2.62. The molecule has 0 spiro atoms. The molecule has 2 bridgehead atoms. The first kappa shape index (κ1) is 25.4. The van der Waals surface area contributed by atoms with E-state index in [0.29, 0.717) is 5.56 Å². The van der Waals surface area contributed by atoms with E-state index in [1.54, 1.807) is 6.92 Å². The molecule has 3 aliphatic carbocycles. The van der Waals surface area contributed by atoms with Gasteiger partial charge in [-0.15, -0.1) is 0 Å². The fraction of sp³-hybridized carbons (Fsp3) is 0.267. The predicted molar refractivity (Wildman–Crippen MR) is 142 cm³/mol. The van der Waals surface area contributed by atoms with Crippen LogP contribution >= 0.6 is 0 Å². The number of esters is 1. The van der Waals surface area contributed by atoms with Crippen molar-refractivity contribution in [3.05, 3.63) is 105 Å². The second-order valence-electron chi connectivity index (χ2n) is 10.4. The quantitative estimate of drug-likeness (QED) is 0.218. The summed E-state index contributed by atoms with van der Waals surface area (Å²) in [5, 5.41) is 13.6. The number of imide groups is 1. The van der Waals surface area contributed by atoms with E-state index >= 15 is 0 Å². The van der Waals surface area contributed by atoms with Gasteiger partial charge in [0.1, 0.15) is 6.04 Å². The van der Waals surface area contributed by atoms with Crippen LogP contribution in [0, 0.1) is 28.9 Å². The second-order valence-corrected chi connectivity index (χ2v) is 10.4. The first-order valence-corrected chi connectivity index (χ1v) is 12.9. The SMILES string of the molecule is Cc1ccc(NC(=O)COC(=O)[C@H](C)N2C(=O)[C@H]3C4c5ccccc5C(c5ccccc54)[C@@H]3C2=O)cc1[N+](=O)[O-]. The number of ether oxygens (including phenoxy) is 1. The molecule has 202 valence electrons. The smallest absolute Gasteiger partial charge is 0.329 e. The van der Waals surface area contributed by atoms with Crippen molar-refractivity contribution in [3.63, 3.8) is 0 Å². The van der Waals surface area contributed by atoms with Crippen molar-refractivity contribution < 1.29 is 28.8 Å². The van der Waals surface area contributed by atoms with Crippen LogP contribution in [0.4, 0.5) is 11.4 Å². The van der Waals surface area contributed by atoms with Gasteiger partial charge in [0, 0.05) is 29.2 Å². The number of anilines is 1. The molecular weight excluding hydrogens is 514 g/mol. The van der Waals surface area contributed by atoms with E-state index in [1.807, 2.05) is 48.5 Å². The summed E-state index contributed by atoms with van der Waals surface area (Å²) in [4.78, 5) is 64.5. The lowest BCUT2D eigenvalue weighted by atomic mass is 9.55. The fourth-order valence-electron chi connectivity index (χ4n) is 6.53. The normalized spacial score (nSPS) is 22.7. The van der Waals surface area contributed by atoms with Crippen molar-refractivity contribution in [2.24, 2.45) is 11.8 Å². The minimum absolute atomic E-state index is 0.158. The van der Waals surface area contributed by atoms with Crippen molar-refractivity contribution in [2.45, 2.75) is 31.7 Å². The van der Waals surface area contributed by atoms with Crippen LogP contribution in [0.2, 0.25) is 0 Å². The van der Waals surface area contributed by atoms with E-state index in [1.165, 1.54) is 25.1 Å². The molecular formula is C30H25N3O7. The predicted octanol–water partition coefficient (Wildman–Crippen LogP) is 3.67. The number of nitro groups is 1. The summed E-state index contributed by atoms with van der Waals surface area (Å²) in [7, 11) is 0. The summed E-state index contributed by atoms with van der Waals surface area (Å²) in [5.41, 5.74) is 4.56. The van der Waals surface area contributed by atoms with Crippen LogP contribution in [0.1, 0.15) is 46.6 Å². The highest BCUT2D eigenvalue weighted by Crippen LogP contribution is 2.61. The number of amides is 3. The van der Waals surface area contributed by atoms with Gasteiger partial charge in [-0.2, -0.15) is 0 Å². The Kier molecular flexibility index (Phi) is 5.98. The number of benzene rings is 3. The second kappa shape index (κ2) is 9.41. The molecule has 1 saturated heterocycles. The van der Waals surface area contributed by atoms with Crippen molar-refractivity contribution in [1.82, 2.24) is 4.90 Å². The Morgan fingerprint density at radius 2 is 1.43 bits per heavy atom. The third-order valence-electron chi connectivity index (χ3n) is 8.25. The summed E-state index contributed by atoms with van der Waals surface area (Å²) in [6.45, 7) is 2.31. The molecule has 40 heavy (non-hydrogen) atoms. The van der Waals surface area contributed by atoms with Crippen LogP contribution in [-0.4, -0.2) is 46.2 Å². The minimum Gasteiger partial charge on any atom is -0.454 e. The Balaban J connectivity index is 1.18. The Morgan fingerprint density at radius 3 is 1.90 bits per heavy atom. The van der Waals surface area contributed by atoms with E-state index in [2.05, 4.69) is 5.32 Å². The average molecular weight is 540 g/mol. The Labute approximate surface area is 229 Å². The molecule has 1 N–H and O–H groups in total. The van der Waals surface area contributed by atoms with Crippen LogP contribution in [-0.2, 0) is 23.9 Å². The first-order chi connectivity index (χ1) is 19.2. The maximum absolute atomic E-state index is 13.8. The number of aryl methyl sites for hydroxylation is 1. The van der Waals surface area contributed by atoms with Crippen molar-refractivity contribution in [2.75, 3.05) is 11.9 Å². The van der Waals surface area contributed by atoms with E-state index in [9.17, 15) is 29.3 Å². The molecule has 0 aromatic heterocycles. The van der Waals surface area contributed by atoms with Gasteiger partial charge < -0.3 is 10.1 Å². The molecule has 4 aliphatic rings. The van der Waals surface area contributed by atoms with Gasteiger partial charge >= 0.3 is 5.97 Å². The number of nitrogens with zero attached hydrogens (tertiary/aromatic N) is 2. The highest BCUT2D eigenvalue weighted by molar-refractivity contribution is 6.10. The number of nitrogens with one attached hydrogen (secondary N) is 1. The van der Waals surface area contributed by atoms with Crippen molar-refractivity contribution >= 4 is 35.1 Å². The summed E-state index contributed by atoms with van der Waals surface area (Å²) in [5.74, 6) is -4.29. The third kappa shape index (κ3) is 3.78. The lowest BCUT2D eigenvalue weighted by molar-refractivity contribution is -0.385. The van der Waals surface area contributed by atoms with Gasteiger partial charge in [0.15, 0.2) is 6.61 Å². The molecule has 7 rings (SSSR count). The van der Waals surface area contributed by atoms with Crippen LogP contribution in [0.3, 0.4) is 0 Å². The molecule has 1 aliphatic heterocycles.